The van der Waals surface area contributed by atoms with Crippen LogP contribution in [0.1, 0.15) is 63.5 Å². The highest BCUT2D eigenvalue weighted by molar-refractivity contribution is 9.10. The quantitative estimate of drug-likeness (QED) is 0.329. The Labute approximate surface area is 226 Å². The van der Waals surface area contributed by atoms with Gasteiger partial charge in [-0.2, -0.15) is 0 Å². The lowest BCUT2D eigenvalue weighted by molar-refractivity contribution is -0.143. The molecule has 0 heterocycles. The zero-order chi connectivity index (χ0) is 25.4. The summed E-state index contributed by atoms with van der Waals surface area (Å²) in [5, 5.41) is 4.03. The standard InChI is InChI=1S/C27H33BrCl2N2O3/c1-3-18-11-13-25(21(28)14-18)35-17-26(33)32(16-19-10-12-22(29)23(30)15-19)24(4-2)27(34)31-20-8-6-5-7-9-20/h10-15,20,24H,3-9,16-17H2,1-2H3,(H,31,34). The largest absolute Gasteiger partial charge is 0.483 e. The van der Waals surface area contributed by atoms with E-state index in [4.69, 9.17) is 27.9 Å². The molecule has 2 amide bonds. The summed E-state index contributed by atoms with van der Waals surface area (Å²) >= 11 is 15.8. The summed E-state index contributed by atoms with van der Waals surface area (Å²) in [4.78, 5) is 28.3. The van der Waals surface area contributed by atoms with Crippen LogP contribution in [0.15, 0.2) is 40.9 Å². The molecule has 1 aliphatic carbocycles. The maximum atomic E-state index is 13.5. The third-order valence-corrected chi connectivity index (χ3v) is 7.79. The second-order valence-electron chi connectivity index (χ2n) is 8.94. The molecule has 5 nitrogen and oxygen atoms in total. The molecule has 0 bridgehead atoms. The molecule has 1 atom stereocenters. The van der Waals surface area contributed by atoms with Gasteiger partial charge in [-0.25, -0.2) is 0 Å². The number of ether oxygens (including phenoxy) is 1. The number of carbonyl (C=O) groups is 2. The van der Waals surface area contributed by atoms with Gasteiger partial charge in [0.15, 0.2) is 6.61 Å². The first-order chi connectivity index (χ1) is 16.8. The summed E-state index contributed by atoms with van der Waals surface area (Å²) in [6.45, 7) is 4.04. The molecule has 35 heavy (non-hydrogen) atoms. The molecule has 2 aromatic carbocycles. The fourth-order valence-corrected chi connectivity index (χ4v) is 5.26. The number of nitrogens with one attached hydrogen (secondary N) is 1. The Morgan fingerprint density at radius 1 is 1.06 bits per heavy atom. The zero-order valence-corrected chi connectivity index (χ0v) is 23.4. The highest BCUT2D eigenvalue weighted by Gasteiger charge is 2.30. The van der Waals surface area contributed by atoms with Crippen molar-refractivity contribution in [2.75, 3.05) is 6.61 Å². The van der Waals surface area contributed by atoms with Gasteiger partial charge in [0.05, 0.1) is 14.5 Å². The topological polar surface area (TPSA) is 58.6 Å². The van der Waals surface area contributed by atoms with Gasteiger partial charge in [-0.1, -0.05) is 68.4 Å². The van der Waals surface area contributed by atoms with Crippen molar-refractivity contribution in [3.63, 3.8) is 0 Å². The number of halogens is 3. The Morgan fingerprint density at radius 3 is 2.40 bits per heavy atom. The molecular weight excluding hydrogens is 551 g/mol. The van der Waals surface area contributed by atoms with Crippen molar-refractivity contribution in [3.05, 3.63) is 62.0 Å². The minimum absolute atomic E-state index is 0.124. The van der Waals surface area contributed by atoms with Crippen molar-refractivity contribution in [3.8, 4) is 5.75 Å². The van der Waals surface area contributed by atoms with Crippen LogP contribution in [0.3, 0.4) is 0 Å². The van der Waals surface area contributed by atoms with Crippen molar-refractivity contribution < 1.29 is 14.3 Å². The van der Waals surface area contributed by atoms with E-state index in [1.807, 2.05) is 31.2 Å². The Kier molecular flexibility index (Phi) is 10.7. The van der Waals surface area contributed by atoms with Gasteiger partial charge in [0.1, 0.15) is 11.8 Å². The van der Waals surface area contributed by atoms with E-state index in [2.05, 4.69) is 28.2 Å². The van der Waals surface area contributed by atoms with Gasteiger partial charge in [-0.3, -0.25) is 9.59 Å². The van der Waals surface area contributed by atoms with E-state index in [1.54, 1.807) is 17.0 Å². The normalized spacial score (nSPS) is 14.9. The number of benzene rings is 2. The molecule has 0 aliphatic heterocycles. The molecule has 0 radical (unpaired) electrons. The number of rotatable bonds is 10. The lowest BCUT2D eigenvalue weighted by atomic mass is 9.95. The van der Waals surface area contributed by atoms with Crippen LogP contribution in [0, 0.1) is 0 Å². The van der Waals surface area contributed by atoms with Crippen LogP contribution in [0.2, 0.25) is 10.0 Å². The third kappa shape index (κ3) is 7.86. The van der Waals surface area contributed by atoms with E-state index in [1.165, 1.54) is 12.0 Å². The van der Waals surface area contributed by atoms with Gasteiger partial charge in [-0.05, 0) is 77.0 Å². The summed E-state index contributed by atoms with van der Waals surface area (Å²) in [5.74, 6) is 0.194. The highest BCUT2D eigenvalue weighted by Crippen LogP contribution is 2.27. The van der Waals surface area contributed by atoms with Crippen molar-refractivity contribution in [2.24, 2.45) is 0 Å². The van der Waals surface area contributed by atoms with E-state index in [9.17, 15) is 9.59 Å². The molecular formula is C27H33BrCl2N2O3. The average molecular weight is 584 g/mol. The number of amides is 2. The summed E-state index contributed by atoms with van der Waals surface area (Å²) in [5.41, 5.74) is 1.97. The van der Waals surface area contributed by atoms with E-state index in [0.29, 0.717) is 22.2 Å². The zero-order valence-electron chi connectivity index (χ0n) is 20.3. The molecule has 1 aliphatic rings. The molecule has 8 heteroatoms. The molecule has 1 N–H and O–H groups in total. The number of hydrogen-bond acceptors (Lipinski definition) is 3. The van der Waals surface area contributed by atoms with Gasteiger partial charge in [0, 0.05) is 12.6 Å². The van der Waals surface area contributed by atoms with E-state index in [0.717, 1.165) is 42.1 Å². The monoisotopic (exact) mass is 582 g/mol. The fraction of sp³-hybridized carbons (Fsp3) is 0.481. The predicted octanol–water partition coefficient (Wildman–Crippen LogP) is 6.95. The van der Waals surface area contributed by atoms with Crippen molar-refractivity contribution in [1.82, 2.24) is 10.2 Å². The van der Waals surface area contributed by atoms with Crippen LogP contribution in [-0.4, -0.2) is 35.4 Å². The second-order valence-corrected chi connectivity index (χ2v) is 10.6. The van der Waals surface area contributed by atoms with Crippen LogP contribution >= 0.6 is 39.1 Å². The Bertz CT molecular complexity index is 1030. The molecule has 1 fully saturated rings. The number of carbonyl (C=O) groups excluding carboxylic acids is 2. The van der Waals surface area contributed by atoms with Crippen molar-refractivity contribution in [2.45, 2.75) is 77.4 Å². The maximum absolute atomic E-state index is 13.5. The molecule has 3 rings (SSSR count). The number of hydrogen-bond donors (Lipinski definition) is 1. The predicted molar refractivity (Wildman–Crippen MR) is 145 cm³/mol. The second kappa shape index (κ2) is 13.5. The van der Waals surface area contributed by atoms with Gasteiger partial charge in [0.25, 0.3) is 5.91 Å². The highest BCUT2D eigenvalue weighted by atomic mass is 79.9. The van der Waals surface area contributed by atoms with Gasteiger partial charge < -0.3 is 15.0 Å². The number of nitrogens with zero attached hydrogens (tertiary/aromatic N) is 1. The van der Waals surface area contributed by atoms with Crippen LogP contribution < -0.4 is 10.1 Å². The van der Waals surface area contributed by atoms with Gasteiger partial charge >= 0.3 is 0 Å². The summed E-state index contributed by atoms with van der Waals surface area (Å²) < 4.78 is 6.66. The maximum Gasteiger partial charge on any atom is 0.261 e. The Balaban J connectivity index is 1.78. The van der Waals surface area contributed by atoms with Crippen molar-refractivity contribution in [1.29, 1.82) is 0 Å². The van der Waals surface area contributed by atoms with Crippen LogP contribution in [-0.2, 0) is 22.6 Å². The van der Waals surface area contributed by atoms with Crippen LogP contribution in [0.25, 0.3) is 0 Å². The van der Waals surface area contributed by atoms with Crippen molar-refractivity contribution >= 4 is 50.9 Å². The summed E-state index contributed by atoms with van der Waals surface area (Å²) in [6, 6.07) is 10.6. The van der Waals surface area contributed by atoms with E-state index >= 15 is 0 Å². The molecule has 1 saturated carbocycles. The summed E-state index contributed by atoms with van der Waals surface area (Å²) in [6.07, 6.45) is 6.80. The molecule has 2 aromatic rings. The first kappa shape index (κ1) is 27.8. The summed E-state index contributed by atoms with van der Waals surface area (Å²) in [7, 11) is 0. The average Bonchev–Trinajstić information content (AvgIpc) is 2.85. The minimum atomic E-state index is -0.617. The van der Waals surface area contributed by atoms with E-state index < -0.39 is 6.04 Å². The lowest BCUT2D eigenvalue weighted by Gasteiger charge is -2.32. The van der Waals surface area contributed by atoms with Crippen LogP contribution in [0.5, 0.6) is 5.75 Å². The van der Waals surface area contributed by atoms with Gasteiger partial charge in [0.2, 0.25) is 5.91 Å². The Morgan fingerprint density at radius 2 is 1.77 bits per heavy atom. The molecule has 0 aromatic heterocycles. The van der Waals surface area contributed by atoms with E-state index in [-0.39, 0.29) is 31.0 Å². The minimum Gasteiger partial charge on any atom is -0.483 e. The lowest BCUT2D eigenvalue weighted by Crippen LogP contribution is -2.52. The molecule has 0 saturated heterocycles. The SMILES string of the molecule is CCc1ccc(OCC(=O)N(Cc2ccc(Cl)c(Cl)c2)C(CC)C(=O)NC2CCCCC2)c(Br)c1. The van der Waals surface area contributed by atoms with Crippen LogP contribution in [0.4, 0.5) is 0 Å². The fourth-order valence-electron chi connectivity index (χ4n) is 4.40. The first-order valence-electron chi connectivity index (χ1n) is 12.3. The smallest absolute Gasteiger partial charge is 0.261 e. The number of aryl methyl sites for hydroxylation is 1. The first-order valence-corrected chi connectivity index (χ1v) is 13.8. The Hall–Kier alpha value is -1.76. The third-order valence-electron chi connectivity index (χ3n) is 6.43. The van der Waals surface area contributed by atoms with Gasteiger partial charge in [-0.15, -0.1) is 0 Å². The molecule has 0 spiro atoms. The molecule has 190 valence electrons. The molecule has 1 unspecified atom stereocenters.